The Labute approximate surface area is 115 Å². The van der Waals surface area contributed by atoms with Crippen molar-refractivity contribution in [1.82, 2.24) is 0 Å². The third-order valence-corrected chi connectivity index (χ3v) is 3.77. The van der Waals surface area contributed by atoms with E-state index in [2.05, 4.69) is 34.7 Å². The zero-order valence-electron chi connectivity index (χ0n) is 10.4. The van der Waals surface area contributed by atoms with Crippen LogP contribution < -0.4 is 4.90 Å². The summed E-state index contributed by atoms with van der Waals surface area (Å²) in [7, 11) is 0. The van der Waals surface area contributed by atoms with Crippen LogP contribution in [0.3, 0.4) is 0 Å². The van der Waals surface area contributed by atoms with Crippen molar-refractivity contribution in [2.45, 2.75) is 19.4 Å². The quantitative estimate of drug-likeness (QED) is 0.912. The predicted molar refractivity (Wildman–Crippen MR) is 73.3 cm³/mol. The summed E-state index contributed by atoms with van der Waals surface area (Å²) >= 11 is 3.46. The molecule has 1 aromatic carbocycles. The van der Waals surface area contributed by atoms with Gasteiger partial charge in [0.05, 0.1) is 30.0 Å². The van der Waals surface area contributed by atoms with Crippen LogP contribution in [0.15, 0.2) is 22.7 Å². The lowest BCUT2D eigenvalue weighted by molar-refractivity contribution is 0.0643. The number of benzene rings is 1. The number of anilines is 1. The normalized spacial score (nSPS) is 18.7. The molecule has 5 heteroatoms. The van der Waals surface area contributed by atoms with Gasteiger partial charge in [-0.05, 0) is 48.0 Å². The average Bonchev–Trinajstić information content (AvgIpc) is 2.29. The maximum absolute atomic E-state index is 10.9. The van der Waals surface area contributed by atoms with Crippen LogP contribution in [-0.4, -0.2) is 36.4 Å². The van der Waals surface area contributed by atoms with Gasteiger partial charge >= 0.3 is 5.97 Å². The van der Waals surface area contributed by atoms with Crippen LogP contribution in [-0.2, 0) is 4.74 Å². The number of aromatic carboxylic acids is 1. The van der Waals surface area contributed by atoms with Gasteiger partial charge in [0.25, 0.3) is 0 Å². The predicted octanol–water partition coefficient (Wildman–Crippen LogP) is 2.76. The average molecular weight is 314 g/mol. The Morgan fingerprint density at radius 3 is 2.78 bits per heavy atom. The fourth-order valence-corrected chi connectivity index (χ4v) is 2.76. The highest BCUT2D eigenvalue weighted by molar-refractivity contribution is 9.10. The van der Waals surface area contributed by atoms with E-state index >= 15 is 0 Å². The molecule has 1 aliphatic rings. The molecule has 98 valence electrons. The van der Waals surface area contributed by atoms with Crippen LogP contribution in [0.5, 0.6) is 0 Å². The summed E-state index contributed by atoms with van der Waals surface area (Å²) in [6.45, 7) is 6.39. The van der Waals surface area contributed by atoms with Gasteiger partial charge < -0.3 is 14.7 Å². The first kappa shape index (κ1) is 13.4. The lowest BCUT2D eigenvalue weighted by atomic mass is 10.0. The molecular weight excluding hydrogens is 298 g/mol. The smallest absolute Gasteiger partial charge is 0.335 e. The Bertz CT molecular complexity index is 473. The van der Waals surface area contributed by atoms with Gasteiger partial charge in [0, 0.05) is 11.0 Å². The van der Waals surface area contributed by atoms with Crippen molar-refractivity contribution >= 4 is 27.6 Å². The number of rotatable bonds is 2. The van der Waals surface area contributed by atoms with Crippen molar-refractivity contribution in [3.05, 3.63) is 28.2 Å². The van der Waals surface area contributed by atoms with Gasteiger partial charge in [-0.1, -0.05) is 0 Å². The summed E-state index contributed by atoms with van der Waals surface area (Å²) in [5.41, 5.74) is 1.20. The Morgan fingerprint density at radius 1 is 1.50 bits per heavy atom. The number of hydrogen-bond acceptors (Lipinski definition) is 3. The number of nitrogens with zero attached hydrogens (tertiary/aromatic N) is 1. The largest absolute Gasteiger partial charge is 0.478 e. The highest BCUT2D eigenvalue weighted by Gasteiger charge is 2.31. The molecule has 0 unspecified atom stereocenters. The number of ether oxygens (including phenoxy) is 1. The van der Waals surface area contributed by atoms with E-state index in [0.717, 1.165) is 16.7 Å². The molecule has 0 amide bonds. The first-order valence-corrected chi connectivity index (χ1v) is 6.59. The SMILES string of the molecule is CC1(C)COCCN1c1ccc(C(=O)O)cc1Br. The third kappa shape index (κ3) is 2.52. The van der Waals surface area contributed by atoms with Gasteiger partial charge in [-0.15, -0.1) is 0 Å². The number of morpholine rings is 1. The summed E-state index contributed by atoms with van der Waals surface area (Å²) in [5, 5.41) is 8.96. The van der Waals surface area contributed by atoms with Crippen LogP contribution >= 0.6 is 15.9 Å². The molecule has 0 aliphatic carbocycles. The molecule has 0 spiro atoms. The summed E-state index contributed by atoms with van der Waals surface area (Å²) in [6, 6.07) is 5.12. The molecule has 0 atom stereocenters. The highest BCUT2D eigenvalue weighted by atomic mass is 79.9. The monoisotopic (exact) mass is 313 g/mol. The Kier molecular flexibility index (Phi) is 3.64. The molecule has 2 rings (SSSR count). The zero-order valence-corrected chi connectivity index (χ0v) is 12.0. The second-order valence-electron chi connectivity index (χ2n) is 4.99. The number of hydrogen-bond donors (Lipinski definition) is 1. The van der Waals surface area contributed by atoms with Crippen molar-refractivity contribution in [3.63, 3.8) is 0 Å². The van der Waals surface area contributed by atoms with Gasteiger partial charge in [-0.3, -0.25) is 0 Å². The number of carbonyl (C=O) groups is 1. The number of carboxylic acids is 1. The molecular formula is C13H16BrNO3. The van der Waals surface area contributed by atoms with Crippen molar-refractivity contribution in [3.8, 4) is 0 Å². The van der Waals surface area contributed by atoms with Crippen LogP contribution in [0.4, 0.5) is 5.69 Å². The van der Waals surface area contributed by atoms with E-state index in [1.165, 1.54) is 0 Å². The second-order valence-corrected chi connectivity index (χ2v) is 5.84. The molecule has 18 heavy (non-hydrogen) atoms. The van der Waals surface area contributed by atoms with E-state index < -0.39 is 5.97 Å². The van der Waals surface area contributed by atoms with Gasteiger partial charge in [-0.2, -0.15) is 0 Å². The fourth-order valence-electron chi connectivity index (χ4n) is 2.16. The van der Waals surface area contributed by atoms with E-state index in [0.29, 0.717) is 13.2 Å². The van der Waals surface area contributed by atoms with Crippen molar-refractivity contribution in [2.24, 2.45) is 0 Å². The summed E-state index contributed by atoms with van der Waals surface area (Å²) in [4.78, 5) is 13.2. The molecule has 1 aliphatic heterocycles. The van der Waals surface area contributed by atoms with E-state index in [-0.39, 0.29) is 11.1 Å². The van der Waals surface area contributed by atoms with E-state index in [1.807, 2.05) is 6.07 Å². The summed E-state index contributed by atoms with van der Waals surface area (Å²) in [6.07, 6.45) is 0. The van der Waals surface area contributed by atoms with E-state index in [1.54, 1.807) is 12.1 Å². The van der Waals surface area contributed by atoms with Gasteiger partial charge in [0.2, 0.25) is 0 Å². The zero-order chi connectivity index (χ0) is 13.3. The molecule has 0 bridgehead atoms. The Hall–Kier alpha value is -1.07. The molecule has 0 aromatic heterocycles. The number of carboxylic acid groups (broad SMARTS) is 1. The first-order chi connectivity index (χ1) is 8.42. The summed E-state index contributed by atoms with van der Waals surface area (Å²) < 4.78 is 6.29. The minimum atomic E-state index is -0.913. The maximum Gasteiger partial charge on any atom is 0.335 e. The minimum Gasteiger partial charge on any atom is -0.478 e. The molecule has 1 aromatic rings. The van der Waals surface area contributed by atoms with Crippen LogP contribution in [0, 0.1) is 0 Å². The molecule has 0 saturated carbocycles. The molecule has 0 radical (unpaired) electrons. The Balaban J connectivity index is 2.36. The van der Waals surface area contributed by atoms with Crippen LogP contribution in [0.2, 0.25) is 0 Å². The van der Waals surface area contributed by atoms with Gasteiger partial charge in [0.1, 0.15) is 0 Å². The standard InChI is InChI=1S/C13H16BrNO3/c1-13(2)8-18-6-5-15(13)11-4-3-9(12(16)17)7-10(11)14/h3-4,7H,5-6,8H2,1-2H3,(H,16,17). The third-order valence-electron chi connectivity index (χ3n) is 3.13. The van der Waals surface area contributed by atoms with Crippen molar-refractivity contribution in [2.75, 3.05) is 24.7 Å². The first-order valence-electron chi connectivity index (χ1n) is 5.80. The van der Waals surface area contributed by atoms with Gasteiger partial charge in [0.15, 0.2) is 0 Å². The van der Waals surface area contributed by atoms with Crippen molar-refractivity contribution in [1.29, 1.82) is 0 Å². The van der Waals surface area contributed by atoms with E-state index in [4.69, 9.17) is 9.84 Å². The lowest BCUT2D eigenvalue weighted by Crippen LogP contribution is -2.53. The Morgan fingerprint density at radius 2 is 2.22 bits per heavy atom. The minimum absolute atomic E-state index is 0.0918. The lowest BCUT2D eigenvalue weighted by Gasteiger charge is -2.44. The molecule has 1 fully saturated rings. The topological polar surface area (TPSA) is 49.8 Å². The summed E-state index contributed by atoms with van der Waals surface area (Å²) in [5.74, 6) is -0.913. The van der Waals surface area contributed by atoms with Crippen LogP contribution in [0.1, 0.15) is 24.2 Å². The highest BCUT2D eigenvalue weighted by Crippen LogP contribution is 2.33. The second kappa shape index (κ2) is 4.90. The number of halogens is 1. The van der Waals surface area contributed by atoms with Crippen molar-refractivity contribution < 1.29 is 14.6 Å². The van der Waals surface area contributed by atoms with Gasteiger partial charge in [-0.25, -0.2) is 4.79 Å². The molecule has 1 heterocycles. The fraction of sp³-hybridized carbons (Fsp3) is 0.462. The maximum atomic E-state index is 10.9. The van der Waals surface area contributed by atoms with E-state index in [9.17, 15) is 4.79 Å². The molecule has 1 N–H and O–H groups in total. The molecule has 1 saturated heterocycles. The van der Waals surface area contributed by atoms with Crippen LogP contribution in [0.25, 0.3) is 0 Å². The molecule has 4 nitrogen and oxygen atoms in total.